The number of pyridine rings is 1. The number of likely N-dealkylation sites (tertiary alicyclic amines) is 1. The molecule has 4 fully saturated rings. The Hall–Kier alpha value is -5.95. The molecular weight excluding hydrogens is 925 g/mol. The number of rotatable bonds is 14. The van der Waals surface area contributed by atoms with Crippen LogP contribution in [-0.2, 0) is 10.0 Å². The number of nitrogens with one attached hydrogen (secondary N) is 4. The van der Waals surface area contributed by atoms with Crippen LogP contribution in [-0.4, -0.2) is 101 Å². The number of carbonyl (C=O) groups excluding carboxylic acids is 1. The number of amides is 1. The molecule has 6 N–H and O–H groups in total. The minimum atomic E-state index is -4.72. The number of carbonyl (C=O) groups is 1. The number of H-pyrrole nitrogens is 1. The number of aliphatic hydroxyl groups is 2. The van der Waals surface area contributed by atoms with Gasteiger partial charge in [-0.15, -0.1) is 0 Å². The maximum absolute atomic E-state index is 14.4. The third kappa shape index (κ3) is 10.00. The summed E-state index contributed by atoms with van der Waals surface area (Å²) >= 11 is 0. The van der Waals surface area contributed by atoms with Crippen LogP contribution in [0.4, 0.5) is 22.9 Å². The Kier molecular flexibility index (Phi) is 13.2. The molecule has 5 aliphatic rings. The lowest BCUT2D eigenvalue weighted by Crippen LogP contribution is -2.54. The Morgan fingerprint density at radius 3 is 2.49 bits per heavy atom. The van der Waals surface area contributed by atoms with E-state index in [1.165, 1.54) is 42.9 Å². The number of aromatic amines is 1. The summed E-state index contributed by atoms with van der Waals surface area (Å²) in [4.78, 5) is 38.5. The molecule has 1 amide bonds. The smallest absolute Gasteiger partial charge is 0.297 e. The van der Waals surface area contributed by atoms with Crippen LogP contribution in [0.2, 0.25) is 0 Å². The molecule has 3 aliphatic heterocycles. The van der Waals surface area contributed by atoms with Crippen LogP contribution in [0.25, 0.3) is 11.0 Å². The first-order chi connectivity index (χ1) is 33.9. The predicted molar refractivity (Wildman–Crippen MR) is 272 cm³/mol. The van der Waals surface area contributed by atoms with Gasteiger partial charge in [-0.05, 0) is 137 Å². The van der Waals surface area contributed by atoms with Crippen molar-refractivity contribution in [3.63, 3.8) is 0 Å². The maximum atomic E-state index is 14.4. The molecule has 3 aromatic carbocycles. The van der Waals surface area contributed by atoms with E-state index in [1.807, 2.05) is 6.07 Å². The van der Waals surface area contributed by atoms with Crippen LogP contribution in [0.1, 0.15) is 125 Å². The number of nitro benzene ring substituents is 1. The molecule has 10 rings (SSSR count). The fraction of sp³-hybridized carbons (Fsp3) is 0.509. The third-order valence-corrected chi connectivity index (χ3v) is 17.3. The largest absolute Gasteiger partial charge is 0.489 e. The number of nitrogens with zero attached hydrogens (tertiary/aromatic N) is 4. The number of hydrogen-bond acceptors (Lipinski definition) is 14. The molecule has 17 nitrogen and oxygen atoms in total. The Balaban J connectivity index is 0.891. The third-order valence-electron chi connectivity index (χ3n) is 16.0. The highest BCUT2D eigenvalue weighted by molar-refractivity contribution is 7.90. The lowest BCUT2D eigenvalue weighted by atomic mass is 9.59. The highest BCUT2D eigenvalue weighted by atomic mass is 32.2. The second kappa shape index (κ2) is 19.2. The summed E-state index contributed by atoms with van der Waals surface area (Å²) in [6, 6.07) is 20.5. The maximum Gasteiger partial charge on any atom is 0.297 e. The predicted octanol–water partition coefficient (Wildman–Crippen LogP) is 9.00. The van der Waals surface area contributed by atoms with Gasteiger partial charge in [-0.25, -0.2) is 18.1 Å². The van der Waals surface area contributed by atoms with Crippen LogP contribution >= 0.6 is 0 Å². The first-order valence-electron chi connectivity index (χ1n) is 25.3. The van der Waals surface area contributed by atoms with E-state index >= 15 is 0 Å². The van der Waals surface area contributed by atoms with Gasteiger partial charge in [0.25, 0.3) is 21.6 Å². The van der Waals surface area contributed by atoms with E-state index in [1.54, 1.807) is 44.3 Å². The summed E-state index contributed by atoms with van der Waals surface area (Å²) in [6.07, 6.45) is 10.4. The summed E-state index contributed by atoms with van der Waals surface area (Å²) in [5, 5.41) is 40.2. The summed E-state index contributed by atoms with van der Waals surface area (Å²) < 4.78 is 43.0. The fourth-order valence-electron chi connectivity index (χ4n) is 11.9. The van der Waals surface area contributed by atoms with Crippen molar-refractivity contribution in [1.82, 2.24) is 19.6 Å². The van der Waals surface area contributed by atoms with E-state index in [4.69, 9.17) is 9.47 Å². The van der Waals surface area contributed by atoms with E-state index in [9.17, 15) is 33.5 Å². The van der Waals surface area contributed by atoms with Gasteiger partial charge in [0.15, 0.2) is 23.0 Å². The number of aliphatic hydroxyl groups excluding tert-OH is 1. The summed E-state index contributed by atoms with van der Waals surface area (Å²) in [5.74, 6) is 0.145. The van der Waals surface area contributed by atoms with Crippen molar-refractivity contribution in [2.45, 2.75) is 133 Å². The van der Waals surface area contributed by atoms with Gasteiger partial charge >= 0.3 is 0 Å². The van der Waals surface area contributed by atoms with Gasteiger partial charge < -0.3 is 40.2 Å². The molecule has 3 atom stereocenters. The minimum Gasteiger partial charge on any atom is -0.489 e. The van der Waals surface area contributed by atoms with Crippen molar-refractivity contribution in [1.29, 1.82) is 0 Å². The lowest BCUT2D eigenvalue weighted by molar-refractivity contribution is -0.384. The highest BCUT2D eigenvalue weighted by Crippen LogP contribution is 2.54. The minimum absolute atomic E-state index is 0.0160. The molecule has 2 saturated heterocycles. The summed E-state index contributed by atoms with van der Waals surface area (Å²) in [5.41, 5.74) is 3.27. The molecule has 0 radical (unpaired) electrons. The molecule has 18 heteroatoms. The second-order valence-corrected chi connectivity index (χ2v) is 23.1. The van der Waals surface area contributed by atoms with E-state index in [-0.39, 0.29) is 59.0 Å². The van der Waals surface area contributed by atoms with E-state index in [0.29, 0.717) is 55.1 Å². The number of hydrogen-bond donors (Lipinski definition) is 6. The number of nitro groups is 1. The van der Waals surface area contributed by atoms with Gasteiger partial charge in [-0.3, -0.25) is 19.8 Å². The normalized spacial score (nSPS) is 23.9. The SMILES string of the molecule is CC(C)c1ccccc1[C@H]1CCCN1C1CC2(CCN(c3ccc(C(=O)NS(=O)(=O)c4cc5c(c([N+](=O)[O-])c4)N[C@@H]([C@H]4CC[C@](C)(O)CC4)CO5)c(Oc4cc5cc[nH]c5nc4NC[C@H](C)O)c3)CC2)C1. The van der Waals surface area contributed by atoms with Crippen molar-refractivity contribution < 1.29 is 37.8 Å². The van der Waals surface area contributed by atoms with Crippen molar-refractivity contribution >= 4 is 49.8 Å². The topological polar surface area (TPSA) is 225 Å². The number of aromatic nitrogens is 2. The summed E-state index contributed by atoms with van der Waals surface area (Å²) in [7, 11) is -4.72. The highest BCUT2D eigenvalue weighted by Gasteiger charge is 2.50. The van der Waals surface area contributed by atoms with E-state index in [0.717, 1.165) is 49.6 Å². The first-order valence-corrected chi connectivity index (χ1v) is 26.8. The zero-order valence-electron chi connectivity index (χ0n) is 40.9. The Morgan fingerprint density at radius 2 is 1.76 bits per heavy atom. The monoisotopic (exact) mass is 990 g/mol. The number of ether oxygens (including phenoxy) is 2. The fourth-order valence-corrected chi connectivity index (χ4v) is 12.9. The average molecular weight is 991 g/mol. The molecule has 2 saturated carbocycles. The van der Waals surface area contributed by atoms with Crippen LogP contribution in [0.5, 0.6) is 17.2 Å². The van der Waals surface area contributed by atoms with E-state index < -0.39 is 43.1 Å². The quantitative estimate of drug-likeness (QED) is 0.0451. The standard InChI is InChI=1S/C53H66N8O9S/c1-32(2)39-8-5-6-9-40(39)43-10-7-21-60(43)37-28-53(29-37)18-22-59(23-19-53)36-11-12-41(45(25-36)70-47-24-35-15-20-54-49(35)57-50(47)55-30-33(3)62)51(63)58-71(67,68)38-26-44(61(65)66)48-46(27-38)69-31-42(56-48)34-13-16-52(4,64)17-14-34/h5-6,8-9,11-12,15,20,24-27,32-34,37,42-43,56,62,64H,7,10,13-14,16-19,21-23,28-31H2,1-4H3,(H,58,63)(H2,54,55,57)/t33-,34-,42+,43+,52-/m0/s1. The number of anilines is 3. The van der Waals surface area contributed by atoms with Gasteiger partial charge in [0.05, 0.1) is 33.1 Å². The van der Waals surface area contributed by atoms with Crippen molar-refractivity contribution in [3.05, 3.63) is 99.7 Å². The molecular formula is C53H66N8O9S. The molecule has 2 aromatic heterocycles. The Bertz CT molecular complexity index is 2910. The van der Waals surface area contributed by atoms with Gasteiger partial charge in [0, 0.05) is 67.2 Å². The molecule has 0 unspecified atom stereocenters. The molecule has 5 heterocycles. The number of sulfonamides is 1. The zero-order chi connectivity index (χ0) is 49.8. The number of fused-ring (bicyclic) bond motifs is 2. The van der Waals surface area contributed by atoms with Gasteiger partial charge in [0.1, 0.15) is 18.0 Å². The Labute approximate surface area is 414 Å². The Morgan fingerprint density at radius 1 is 1.00 bits per heavy atom. The van der Waals surface area contributed by atoms with Gasteiger partial charge in [0.2, 0.25) is 0 Å². The van der Waals surface area contributed by atoms with Crippen molar-refractivity contribution in [3.8, 4) is 17.2 Å². The van der Waals surface area contributed by atoms with Crippen LogP contribution < -0.4 is 29.7 Å². The zero-order valence-corrected chi connectivity index (χ0v) is 41.8. The number of benzene rings is 3. The summed E-state index contributed by atoms with van der Waals surface area (Å²) in [6.45, 7) is 11.0. The average Bonchev–Trinajstić information content (AvgIpc) is 4.02. The molecule has 5 aromatic rings. The molecule has 0 bridgehead atoms. The van der Waals surface area contributed by atoms with Crippen LogP contribution in [0, 0.1) is 21.4 Å². The van der Waals surface area contributed by atoms with Gasteiger partial charge in [-0.2, -0.15) is 0 Å². The molecule has 71 heavy (non-hydrogen) atoms. The molecule has 2 aliphatic carbocycles. The lowest BCUT2D eigenvalue weighted by Gasteiger charge is -2.56. The molecule has 378 valence electrons. The molecule has 1 spiro atoms. The van der Waals surface area contributed by atoms with Crippen LogP contribution in [0.15, 0.2) is 77.8 Å². The van der Waals surface area contributed by atoms with Crippen molar-refractivity contribution in [2.75, 3.05) is 48.3 Å². The van der Waals surface area contributed by atoms with Gasteiger partial charge in [-0.1, -0.05) is 38.1 Å². The van der Waals surface area contributed by atoms with Crippen molar-refractivity contribution in [2.24, 2.45) is 11.3 Å². The second-order valence-electron chi connectivity index (χ2n) is 21.4. The van der Waals surface area contributed by atoms with E-state index in [2.05, 4.69) is 73.2 Å². The van der Waals surface area contributed by atoms with Crippen LogP contribution in [0.3, 0.4) is 0 Å². The first kappa shape index (κ1) is 48.7. The number of piperidine rings is 1.